The summed E-state index contributed by atoms with van der Waals surface area (Å²) >= 11 is 12.9. The fourth-order valence-corrected chi connectivity index (χ4v) is 6.28. The molecule has 1 saturated heterocycles. The highest BCUT2D eigenvalue weighted by Gasteiger charge is 2.39. The van der Waals surface area contributed by atoms with Gasteiger partial charge in [0.2, 0.25) is 10.0 Å². The molecule has 2 aromatic heterocycles. The number of sulfonamides is 1. The zero-order valence-electron chi connectivity index (χ0n) is 11.0. The molecular formula is C11H12Cl2N4O2S2. The van der Waals surface area contributed by atoms with Crippen LogP contribution < -0.4 is 0 Å². The van der Waals surface area contributed by atoms with Crippen LogP contribution in [0.25, 0.3) is 0 Å². The molecule has 0 aliphatic carbocycles. The van der Waals surface area contributed by atoms with Crippen molar-refractivity contribution in [3.8, 4) is 0 Å². The third kappa shape index (κ3) is 2.59. The van der Waals surface area contributed by atoms with Crippen molar-refractivity contribution in [3.05, 3.63) is 26.9 Å². The minimum Gasteiger partial charge on any atom is -0.319 e. The van der Waals surface area contributed by atoms with Crippen LogP contribution in [-0.4, -0.2) is 34.0 Å². The second-order valence-electron chi connectivity index (χ2n) is 4.76. The zero-order valence-corrected chi connectivity index (χ0v) is 14.2. The van der Waals surface area contributed by atoms with E-state index in [1.165, 1.54) is 10.4 Å². The number of aryl methyl sites for hydroxylation is 1. The van der Waals surface area contributed by atoms with E-state index >= 15 is 0 Å². The third-order valence-electron chi connectivity index (χ3n) is 3.46. The van der Waals surface area contributed by atoms with Crippen molar-refractivity contribution >= 4 is 44.6 Å². The SMILES string of the molecule is Cn1cnnc1[C@@H]1CCCN1S(=O)(=O)c1cc(Cl)sc1Cl. The third-order valence-corrected chi connectivity index (χ3v) is 7.12. The molecule has 2 aromatic rings. The molecule has 0 spiro atoms. The second kappa shape index (κ2) is 5.51. The number of rotatable bonds is 3. The van der Waals surface area contributed by atoms with Crippen molar-refractivity contribution in [1.82, 2.24) is 19.1 Å². The molecule has 0 aromatic carbocycles. The molecule has 0 amide bonds. The average molecular weight is 367 g/mol. The van der Waals surface area contributed by atoms with E-state index in [0.717, 1.165) is 17.8 Å². The Hall–Kier alpha value is -0.670. The van der Waals surface area contributed by atoms with Crippen molar-refractivity contribution in [2.75, 3.05) is 6.54 Å². The first-order valence-corrected chi connectivity index (χ1v) is 9.23. The van der Waals surface area contributed by atoms with Gasteiger partial charge in [-0.1, -0.05) is 23.2 Å². The fourth-order valence-electron chi connectivity index (χ4n) is 2.51. The van der Waals surface area contributed by atoms with Gasteiger partial charge in [0.25, 0.3) is 0 Å². The van der Waals surface area contributed by atoms with Gasteiger partial charge in [-0.15, -0.1) is 21.5 Å². The van der Waals surface area contributed by atoms with E-state index in [4.69, 9.17) is 23.2 Å². The lowest BCUT2D eigenvalue weighted by atomic mass is 10.2. The number of hydrogen-bond acceptors (Lipinski definition) is 5. The monoisotopic (exact) mass is 366 g/mol. The quantitative estimate of drug-likeness (QED) is 0.837. The summed E-state index contributed by atoms with van der Waals surface area (Å²) < 4.78 is 29.3. The van der Waals surface area contributed by atoms with Crippen LogP contribution in [0.1, 0.15) is 24.7 Å². The predicted molar refractivity (Wildman–Crippen MR) is 81.2 cm³/mol. The van der Waals surface area contributed by atoms with E-state index in [9.17, 15) is 8.42 Å². The maximum absolute atomic E-state index is 12.8. The van der Waals surface area contributed by atoms with Crippen LogP contribution in [-0.2, 0) is 17.1 Å². The van der Waals surface area contributed by atoms with E-state index < -0.39 is 10.0 Å². The van der Waals surface area contributed by atoms with Crippen LogP contribution >= 0.6 is 34.5 Å². The predicted octanol–water partition coefficient (Wildman–Crippen LogP) is 2.71. The van der Waals surface area contributed by atoms with E-state index in [0.29, 0.717) is 23.1 Å². The van der Waals surface area contributed by atoms with Crippen LogP contribution in [0.15, 0.2) is 17.3 Å². The fraction of sp³-hybridized carbons (Fsp3) is 0.455. The van der Waals surface area contributed by atoms with Crippen molar-refractivity contribution in [2.24, 2.45) is 7.05 Å². The maximum Gasteiger partial charge on any atom is 0.246 e. The number of aromatic nitrogens is 3. The molecule has 10 heteroatoms. The van der Waals surface area contributed by atoms with Crippen molar-refractivity contribution < 1.29 is 8.42 Å². The molecule has 1 fully saturated rings. The number of nitrogens with zero attached hydrogens (tertiary/aromatic N) is 4. The second-order valence-corrected chi connectivity index (χ2v) is 8.91. The first-order chi connectivity index (χ1) is 9.91. The summed E-state index contributed by atoms with van der Waals surface area (Å²) in [5.41, 5.74) is 0. The molecule has 3 rings (SSSR count). The first-order valence-electron chi connectivity index (χ1n) is 6.22. The molecule has 1 atom stereocenters. The van der Waals surface area contributed by atoms with Gasteiger partial charge in [0, 0.05) is 13.6 Å². The Labute approximate surface area is 136 Å². The van der Waals surface area contributed by atoms with E-state index in [1.807, 2.05) is 0 Å². The molecule has 21 heavy (non-hydrogen) atoms. The Balaban J connectivity index is 2.02. The zero-order chi connectivity index (χ0) is 15.2. The lowest BCUT2D eigenvalue weighted by Gasteiger charge is -2.22. The molecule has 1 aliphatic rings. The normalized spacial score (nSPS) is 20.2. The number of hydrogen-bond donors (Lipinski definition) is 0. The molecule has 0 radical (unpaired) electrons. The molecular weight excluding hydrogens is 355 g/mol. The van der Waals surface area contributed by atoms with Crippen LogP contribution in [0.4, 0.5) is 0 Å². The smallest absolute Gasteiger partial charge is 0.246 e. The molecule has 0 unspecified atom stereocenters. The van der Waals surface area contributed by atoms with Crippen molar-refractivity contribution in [2.45, 2.75) is 23.8 Å². The van der Waals surface area contributed by atoms with Gasteiger partial charge in [0.1, 0.15) is 15.6 Å². The van der Waals surface area contributed by atoms with Crippen LogP contribution in [0, 0.1) is 0 Å². The van der Waals surface area contributed by atoms with Gasteiger partial charge in [0.05, 0.1) is 10.4 Å². The van der Waals surface area contributed by atoms with Crippen LogP contribution in [0.2, 0.25) is 8.67 Å². The largest absolute Gasteiger partial charge is 0.319 e. The molecule has 6 nitrogen and oxygen atoms in total. The molecule has 0 saturated carbocycles. The minimum atomic E-state index is -3.69. The highest BCUT2D eigenvalue weighted by Crippen LogP contribution is 2.40. The van der Waals surface area contributed by atoms with Gasteiger partial charge in [-0.2, -0.15) is 4.31 Å². The van der Waals surface area contributed by atoms with Gasteiger partial charge in [-0.05, 0) is 18.9 Å². The van der Waals surface area contributed by atoms with Gasteiger partial charge in [-0.3, -0.25) is 0 Å². The Bertz CT molecular complexity index is 771. The lowest BCUT2D eigenvalue weighted by Crippen LogP contribution is -2.31. The van der Waals surface area contributed by atoms with E-state index in [1.54, 1.807) is 17.9 Å². The summed E-state index contributed by atoms with van der Waals surface area (Å²) in [6.45, 7) is 0.434. The minimum absolute atomic E-state index is 0.0632. The van der Waals surface area contributed by atoms with E-state index in [-0.39, 0.29) is 15.3 Å². The molecule has 1 aliphatic heterocycles. The Morgan fingerprint density at radius 2 is 2.19 bits per heavy atom. The highest BCUT2D eigenvalue weighted by molar-refractivity contribution is 7.89. The summed E-state index contributed by atoms with van der Waals surface area (Å²) in [7, 11) is -1.90. The van der Waals surface area contributed by atoms with Crippen LogP contribution in [0.5, 0.6) is 0 Å². The molecule has 0 bridgehead atoms. The molecule has 114 valence electrons. The number of thiophene rings is 1. The van der Waals surface area contributed by atoms with Crippen molar-refractivity contribution in [3.63, 3.8) is 0 Å². The van der Waals surface area contributed by atoms with Gasteiger partial charge in [-0.25, -0.2) is 8.42 Å². The lowest BCUT2D eigenvalue weighted by molar-refractivity contribution is 0.376. The Kier molecular flexibility index (Phi) is 4.00. The Morgan fingerprint density at radius 3 is 2.76 bits per heavy atom. The Morgan fingerprint density at radius 1 is 1.43 bits per heavy atom. The molecule has 0 N–H and O–H groups in total. The van der Waals surface area contributed by atoms with Gasteiger partial charge in [0.15, 0.2) is 5.82 Å². The summed E-state index contributed by atoms with van der Waals surface area (Å²) in [4.78, 5) is 0.0632. The summed E-state index contributed by atoms with van der Waals surface area (Å²) in [5, 5.41) is 7.86. The topological polar surface area (TPSA) is 68.1 Å². The average Bonchev–Trinajstić information content (AvgIpc) is 3.08. The van der Waals surface area contributed by atoms with Crippen LogP contribution in [0.3, 0.4) is 0 Å². The first kappa shape index (κ1) is 15.2. The summed E-state index contributed by atoms with van der Waals surface area (Å²) in [6.07, 6.45) is 3.04. The van der Waals surface area contributed by atoms with Crippen molar-refractivity contribution in [1.29, 1.82) is 0 Å². The summed E-state index contributed by atoms with van der Waals surface area (Å²) in [5.74, 6) is 0.633. The number of halogens is 2. The van der Waals surface area contributed by atoms with E-state index in [2.05, 4.69) is 10.2 Å². The maximum atomic E-state index is 12.8. The molecule has 3 heterocycles. The summed E-state index contributed by atoms with van der Waals surface area (Å²) in [6, 6.07) is 1.08. The van der Waals surface area contributed by atoms with Gasteiger partial charge >= 0.3 is 0 Å². The highest BCUT2D eigenvalue weighted by atomic mass is 35.5. The standard InChI is InChI=1S/C11H12Cl2N4O2S2/c1-16-6-14-15-11(16)7-3-2-4-17(7)21(18,19)8-5-9(12)20-10(8)13/h5-7H,2-4H2,1H3/t7-/m0/s1. The van der Waals surface area contributed by atoms with Gasteiger partial charge < -0.3 is 4.57 Å².